The maximum Gasteiger partial charge on any atom is 0.332 e. The topological polar surface area (TPSA) is 85.4 Å². The highest BCUT2D eigenvalue weighted by atomic mass is 16.2. The lowest BCUT2D eigenvalue weighted by Gasteiger charge is -2.33. The zero-order valence-electron chi connectivity index (χ0n) is 14.3. The molecular formula is C16H20N6O3. The van der Waals surface area contributed by atoms with E-state index in [9.17, 15) is 14.4 Å². The van der Waals surface area contributed by atoms with Gasteiger partial charge < -0.3 is 9.47 Å². The molecule has 0 bridgehead atoms. The molecule has 25 heavy (non-hydrogen) atoms. The summed E-state index contributed by atoms with van der Waals surface area (Å²) in [5.41, 5.74) is -0.439. The van der Waals surface area contributed by atoms with Crippen LogP contribution in [0.1, 0.15) is 0 Å². The molecule has 0 radical (unpaired) electrons. The van der Waals surface area contributed by atoms with Gasteiger partial charge in [0.25, 0.3) is 5.56 Å². The van der Waals surface area contributed by atoms with Crippen molar-refractivity contribution in [1.29, 1.82) is 0 Å². The van der Waals surface area contributed by atoms with Crippen LogP contribution in [0.2, 0.25) is 0 Å². The van der Waals surface area contributed by atoms with Gasteiger partial charge in [-0.2, -0.15) is 0 Å². The Labute approximate surface area is 144 Å². The first-order chi connectivity index (χ1) is 11.9. The van der Waals surface area contributed by atoms with Gasteiger partial charge in [-0.05, 0) is 0 Å². The maximum atomic E-state index is 12.6. The molecule has 0 unspecified atom stereocenters. The Balaban J connectivity index is 1.85. The van der Waals surface area contributed by atoms with E-state index in [4.69, 9.17) is 6.42 Å². The fraction of sp³-hybridized carbons (Fsp3) is 0.500. The molecule has 1 fully saturated rings. The van der Waals surface area contributed by atoms with E-state index in [1.165, 1.54) is 17.9 Å². The van der Waals surface area contributed by atoms with Crippen molar-refractivity contribution >= 4 is 17.1 Å². The Morgan fingerprint density at radius 3 is 2.56 bits per heavy atom. The second-order valence-corrected chi connectivity index (χ2v) is 6.12. The predicted octanol–water partition coefficient (Wildman–Crippen LogP) is -1.79. The molecule has 1 aliphatic heterocycles. The van der Waals surface area contributed by atoms with Gasteiger partial charge in [-0.1, -0.05) is 5.92 Å². The summed E-state index contributed by atoms with van der Waals surface area (Å²) in [6.07, 6.45) is 6.77. The fourth-order valence-electron chi connectivity index (χ4n) is 3.06. The van der Waals surface area contributed by atoms with Crippen LogP contribution in [-0.2, 0) is 25.4 Å². The number of amides is 1. The smallest absolute Gasteiger partial charge is 0.332 e. The number of aryl methyl sites for hydroxylation is 2. The highest BCUT2D eigenvalue weighted by molar-refractivity contribution is 5.77. The van der Waals surface area contributed by atoms with E-state index in [1.54, 1.807) is 16.5 Å². The molecule has 2 aromatic heterocycles. The van der Waals surface area contributed by atoms with Crippen LogP contribution in [0.4, 0.5) is 0 Å². The van der Waals surface area contributed by atoms with Crippen LogP contribution < -0.4 is 11.2 Å². The van der Waals surface area contributed by atoms with Gasteiger partial charge in [-0.3, -0.25) is 19.1 Å². The number of rotatable bonds is 3. The van der Waals surface area contributed by atoms with Crippen LogP contribution in [0.15, 0.2) is 15.9 Å². The minimum atomic E-state index is -0.546. The first kappa shape index (κ1) is 17.0. The molecule has 1 saturated heterocycles. The van der Waals surface area contributed by atoms with E-state index in [1.807, 2.05) is 0 Å². The molecule has 1 amide bonds. The van der Waals surface area contributed by atoms with Crippen LogP contribution in [0.5, 0.6) is 0 Å². The van der Waals surface area contributed by atoms with Crippen molar-refractivity contribution in [3.05, 3.63) is 27.2 Å². The van der Waals surface area contributed by atoms with Gasteiger partial charge in [0.05, 0.1) is 12.9 Å². The molecule has 9 nitrogen and oxygen atoms in total. The van der Waals surface area contributed by atoms with Crippen LogP contribution in [0.3, 0.4) is 0 Å². The minimum absolute atomic E-state index is 0.249. The van der Waals surface area contributed by atoms with Gasteiger partial charge >= 0.3 is 5.69 Å². The number of piperazine rings is 1. The Bertz CT molecular complexity index is 969. The molecule has 0 spiro atoms. The summed E-state index contributed by atoms with van der Waals surface area (Å²) in [5.74, 6) is 2.34. The number of aromatic nitrogens is 4. The molecule has 2 aromatic rings. The molecular weight excluding hydrogens is 324 g/mol. The highest BCUT2D eigenvalue weighted by Crippen LogP contribution is 2.05. The van der Waals surface area contributed by atoms with Crippen molar-refractivity contribution in [2.24, 2.45) is 14.1 Å². The first-order valence-electron chi connectivity index (χ1n) is 7.98. The van der Waals surface area contributed by atoms with E-state index in [2.05, 4.69) is 15.8 Å². The van der Waals surface area contributed by atoms with E-state index in [0.29, 0.717) is 43.9 Å². The largest absolute Gasteiger partial charge is 0.339 e. The number of nitrogens with zero attached hydrogens (tertiary/aromatic N) is 6. The molecule has 3 heterocycles. The highest BCUT2D eigenvalue weighted by Gasteiger charge is 2.23. The van der Waals surface area contributed by atoms with Crippen LogP contribution in [-0.4, -0.2) is 67.1 Å². The lowest BCUT2D eigenvalue weighted by Crippen LogP contribution is -2.51. The molecule has 0 saturated carbocycles. The molecule has 9 heteroatoms. The summed E-state index contributed by atoms with van der Waals surface area (Å²) >= 11 is 0. The maximum absolute atomic E-state index is 12.6. The van der Waals surface area contributed by atoms with E-state index >= 15 is 0 Å². The zero-order chi connectivity index (χ0) is 18.1. The molecule has 0 aliphatic carbocycles. The van der Waals surface area contributed by atoms with Crippen LogP contribution in [0, 0.1) is 12.3 Å². The Hall–Kier alpha value is -2.86. The number of carbonyl (C=O) groups excluding carboxylic acids is 1. The molecule has 1 aliphatic rings. The van der Waals surface area contributed by atoms with Crippen LogP contribution >= 0.6 is 0 Å². The van der Waals surface area contributed by atoms with Gasteiger partial charge in [-0.15, -0.1) is 6.42 Å². The number of fused-ring (bicyclic) bond motifs is 1. The second-order valence-electron chi connectivity index (χ2n) is 6.12. The lowest BCUT2D eigenvalue weighted by molar-refractivity contribution is -0.133. The number of hydrogen-bond donors (Lipinski definition) is 0. The molecule has 0 aromatic carbocycles. The van der Waals surface area contributed by atoms with Crippen molar-refractivity contribution in [2.75, 3.05) is 32.7 Å². The van der Waals surface area contributed by atoms with Crippen molar-refractivity contribution in [3.63, 3.8) is 0 Å². The van der Waals surface area contributed by atoms with Gasteiger partial charge in [0.1, 0.15) is 6.54 Å². The number of carbonyl (C=O) groups is 1. The van der Waals surface area contributed by atoms with Gasteiger partial charge in [0, 0.05) is 40.3 Å². The molecule has 132 valence electrons. The van der Waals surface area contributed by atoms with E-state index in [0.717, 1.165) is 4.57 Å². The summed E-state index contributed by atoms with van der Waals surface area (Å²) in [4.78, 5) is 45.4. The minimum Gasteiger partial charge on any atom is -0.339 e. The van der Waals surface area contributed by atoms with Crippen molar-refractivity contribution < 1.29 is 4.79 Å². The third kappa shape index (κ3) is 2.96. The molecule has 3 rings (SSSR count). The van der Waals surface area contributed by atoms with Gasteiger partial charge in [0.2, 0.25) is 5.91 Å². The average molecular weight is 344 g/mol. The monoisotopic (exact) mass is 344 g/mol. The third-order valence-corrected chi connectivity index (χ3v) is 4.53. The van der Waals surface area contributed by atoms with E-state index < -0.39 is 11.2 Å². The van der Waals surface area contributed by atoms with Crippen LogP contribution in [0.25, 0.3) is 11.2 Å². The summed E-state index contributed by atoms with van der Waals surface area (Å²) in [5, 5.41) is 0. The quantitative estimate of drug-likeness (QED) is 0.614. The Morgan fingerprint density at radius 1 is 1.24 bits per heavy atom. The first-order valence-corrected chi connectivity index (χ1v) is 7.98. The van der Waals surface area contributed by atoms with Crippen molar-refractivity contribution in [1.82, 2.24) is 28.5 Å². The number of hydrogen-bond acceptors (Lipinski definition) is 5. The summed E-state index contributed by atoms with van der Waals surface area (Å²) in [7, 11) is 3.22. The molecule has 0 N–H and O–H groups in total. The number of terminal acetylenes is 1. The van der Waals surface area contributed by atoms with Gasteiger partial charge in [-0.25, -0.2) is 14.3 Å². The van der Waals surface area contributed by atoms with Gasteiger partial charge in [0.15, 0.2) is 11.2 Å². The van der Waals surface area contributed by atoms with E-state index in [-0.39, 0.29) is 12.5 Å². The summed E-state index contributed by atoms with van der Waals surface area (Å²) < 4.78 is 3.81. The molecule has 0 atom stereocenters. The average Bonchev–Trinajstić information content (AvgIpc) is 2.99. The second kappa shape index (κ2) is 6.57. The SMILES string of the molecule is C#CCN1CCN(C(=O)Cn2c(=O)c3c(ncn3C)n(C)c2=O)CC1. The normalized spacial score (nSPS) is 15.5. The summed E-state index contributed by atoms with van der Waals surface area (Å²) in [6.45, 7) is 2.71. The standard InChI is InChI=1S/C16H20N6O3/c1-4-5-20-6-8-21(9-7-20)12(23)10-22-15(24)13-14(17-11-18(13)2)19(3)16(22)25/h1,11H,5-10H2,2-3H3. The lowest BCUT2D eigenvalue weighted by atomic mass is 10.3. The fourth-order valence-corrected chi connectivity index (χ4v) is 3.06. The Kier molecular flexibility index (Phi) is 4.46. The summed E-state index contributed by atoms with van der Waals surface area (Å²) in [6, 6.07) is 0. The predicted molar refractivity (Wildman–Crippen MR) is 92.1 cm³/mol. The number of imidazole rings is 1. The van der Waals surface area contributed by atoms with Crippen molar-refractivity contribution in [3.8, 4) is 12.3 Å². The Morgan fingerprint density at radius 2 is 1.92 bits per heavy atom. The third-order valence-electron chi connectivity index (χ3n) is 4.53. The van der Waals surface area contributed by atoms with Crippen molar-refractivity contribution in [2.45, 2.75) is 6.54 Å². The zero-order valence-corrected chi connectivity index (χ0v) is 14.3.